The van der Waals surface area contributed by atoms with E-state index in [0.29, 0.717) is 11.7 Å². The number of benzene rings is 1. The second kappa shape index (κ2) is 7.09. The molecule has 106 valence electrons. The minimum Gasteiger partial charge on any atom is -0.496 e. The Balaban J connectivity index is 2.23. The largest absolute Gasteiger partial charge is 0.496 e. The van der Waals surface area contributed by atoms with Gasteiger partial charge in [-0.2, -0.15) is 0 Å². The third-order valence-electron chi connectivity index (χ3n) is 2.52. The molecule has 0 aliphatic rings. The van der Waals surface area contributed by atoms with E-state index in [0.717, 1.165) is 17.9 Å². The minimum atomic E-state index is -0.442. The van der Waals surface area contributed by atoms with Gasteiger partial charge in [-0.3, -0.25) is 0 Å². The van der Waals surface area contributed by atoms with E-state index in [-0.39, 0.29) is 5.03 Å². The highest BCUT2D eigenvalue weighted by atomic mass is 32.2. The van der Waals surface area contributed by atoms with Crippen LogP contribution in [-0.4, -0.2) is 23.6 Å². The summed E-state index contributed by atoms with van der Waals surface area (Å²) in [5.41, 5.74) is 0. The molecule has 20 heavy (non-hydrogen) atoms. The first-order valence-electron chi connectivity index (χ1n) is 6.32. The van der Waals surface area contributed by atoms with Gasteiger partial charge in [-0.15, -0.1) is 0 Å². The van der Waals surface area contributed by atoms with Gasteiger partial charge in [0.1, 0.15) is 10.8 Å². The quantitative estimate of drug-likeness (QED) is 0.825. The number of rotatable bonds is 6. The maximum Gasteiger partial charge on any atom is 0.223 e. The number of nitrogens with one attached hydrogen (secondary N) is 1. The molecule has 6 heteroatoms. The SMILES string of the molecule is CCCNc1ncc(F)c(Sc2ccccc2OC)n1. The van der Waals surface area contributed by atoms with Crippen LogP contribution in [0.1, 0.15) is 13.3 Å². The number of hydrogen-bond acceptors (Lipinski definition) is 5. The number of ether oxygens (including phenoxy) is 1. The van der Waals surface area contributed by atoms with Gasteiger partial charge in [0.05, 0.1) is 18.2 Å². The van der Waals surface area contributed by atoms with Crippen LogP contribution in [0.15, 0.2) is 40.4 Å². The summed E-state index contributed by atoms with van der Waals surface area (Å²) in [4.78, 5) is 8.92. The normalized spacial score (nSPS) is 10.3. The Bertz CT molecular complexity index is 580. The van der Waals surface area contributed by atoms with Gasteiger partial charge < -0.3 is 10.1 Å². The van der Waals surface area contributed by atoms with E-state index in [1.54, 1.807) is 7.11 Å². The molecule has 2 aromatic rings. The monoisotopic (exact) mass is 293 g/mol. The van der Waals surface area contributed by atoms with Crippen LogP contribution in [0.2, 0.25) is 0 Å². The maximum atomic E-state index is 13.8. The van der Waals surface area contributed by atoms with Crippen LogP contribution in [0, 0.1) is 5.82 Å². The third-order valence-corrected chi connectivity index (χ3v) is 3.56. The predicted molar refractivity (Wildman–Crippen MR) is 77.9 cm³/mol. The van der Waals surface area contributed by atoms with Crippen LogP contribution in [0.5, 0.6) is 5.75 Å². The van der Waals surface area contributed by atoms with Crippen LogP contribution < -0.4 is 10.1 Å². The van der Waals surface area contributed by atoms with Gasteiger partial charge in [0.2, 0.25) is 5.95 Å². The average molecular weight is 293 g/mol. The van der Waals surface area contributed by atoms with Gasteiger partial charge in [-0.05, 0) is 18.6 Å². The van der Waals surface area contributed by atoms with Crippen LogP contribution in [0.25, 0.3) is 0 Å². The Kier molecular flexibility index (Phi) is 5.17. The second-order valence-corrected chi connectivity index (χ2v) is 5.06. The van der Waals surface area contributed by atoms with E-state index in [9.17, 15) is 4.39 Å². The van der Waals surface area contributed by atoms with Crippen molar-refractivity contribution in [1.29, 1.82) is 0 Å². The summed E-state index contributed by atoms with van der Waals surface area (Å²) in [6.07, 6.45) is 2.14. The molecule has 1 aromatic heterocycles. The zero-order valence-corrected chi connectivity index (χ0v) is 12.2. The average Bonchev–Trinajstić information content (AvgIpc) is 2.48. The van der Waals surface area contributed by atoms with Crippen molar-refractivity contribution in [2.45, 2.75) is 23.3 Å². The fourth-order valence-corrected chi connectivity index (χ4v) is 2.44. The van der Waals surface area contributed by atoms with Crippen molar-refractivity contribution in [3.05, 3.63) is 36.3 Å². The van der Waals surface area contributed by atoms with E-state index in [4.69, 9.17) is 4.74 Å². The third kappa shape index (κ3) is 3.60. The minimum absolute atomic E-state index is 0.281. The fourth-order valence-electron chi connectivity index (χ4n) is 1.55. The van der Waals surface area contributed by atoms with E-state index in [1.165, 1.54) is 18.0 Å². The number of halogens is 1. The van der Waals surface area contributed by atoms with Crippen LogP contribution >= 0.6 is 11.8 Å². The van der Waals surface area contributed by atoms with Gasteiger partial charge in [0, 0.05) is 6.54 Å². The number of nitrogens with zero attached hydrogens (tertiary/aromatic N) is 2. The highest BCUT2D eigenvalue weighted by molar-refractivity contribution is 7.99. The maximum absolute atomic E-state index is 13.8. The topological polar surface area (TPSA) is 47.0 Å². The van der Waals surface area contributed by atoms with Gasteiger partial charge in [-0.1, -0.05) is 30.8 Å². The molecule has 0 bridgehead atoms. The Morgan fingerprint density at radius 3 is 2.90 bits per heavy atom. The Morgan fingerprint density at radius 2 is 2.15 bits per heavy atom. The Morgan fingerprint density at radius 1 is 1.35 bits per heavy atom. The molecule has 0 saturated heterocycles. The van der Waals surface area contributed by atoms with Crippen molar-refractivity contribution in [2.75, 3.05) is 19.0 Å². The van der Waals surface area contributed by atoms with Gasteiger partial charge >= 0.3 is 0 Å². The van der Waals surface area contributed by atoms with Crippen molar-refractivity contribution >= 4 is 17.7 Å². The highest BCUT2D eigenvalue weighted by Gasteiger charge is 2.11. The van der Waals surface area contributed by atoms with Crippen molar-refractivity contribution < 1.29 is 9.13 Å². The van der Waals surface area contributed by atoms with Gasteiger partial charge in [-0.25, -0.2) is 14.4 Å². The molecule has 0 spiro atoms. The van der Waals surface area contributed by atoms with Crippen LogP contribution in [0.3, 0.4) is 0 Å². The summed E-state index contributed by atoms with van der Waals surface area (Å²) in [6, 6.07) is 7.44. The number of aromatic nitrogens is 2. The molecule has 0 atom stereocenters. The number of hydrogen-bond donors (Lipinski definition) is 1. The molecule has 4 nitrogen and oxygen atoms in total. The number of anilines is 1. The van der Waals surface area contributed by atoms with Crippen molar-refractivity contribution in [2.24, 2.45) is 0 Å². The molecule has 0 radical (unpaired) electrons. The van der Waals surface area contributed by atoms with E-state index < -0.39 is 5.82 Å². The van der Waals surface area contributed by atoms with Crippen molar-refractivity contribution in [1.82, 2.24) is 9.97 Å². The highest BCUT2D eigenvalue weighted by Crippen LogP contribution is 2.34. The summed E-state index contributed by atoms with van der Waals surface area (Å²) in [5.74, 6) is 0.687. The molecule has 2 rings (SSSR count). The van der Waals surface area contributed by atoms with Crippen molar-refractivity contribution in [3.63, 3.8) is 0 Å². The molecule has 1 N–H and O–H groups in total. The molecule has 0 amide bonds. The fraction of sp³-hybridized carbons (Fsp3) is 0.286. The summed E-state index contributed by atoms with van der Waals surface area (Å²) < 4.78 is 19.0. The zero-order chi connectivity index (χ0) is 14.4. The smallest absolute Gasteiger partial charge is 0.223 e. The van der Waals surface area contributed by atoms with E-state index in [2.05, 4.69) is 15.3 Å². The summed E-state index contributed by atoms with van der Waals surface area (Å²) in [6.45, 7) is 2.80. The zero-order valence-electron chi connectivity index (χ0n) is 11.4. The lowest BCUT2D eigenvalue weighted by Gasteiger charge is -2.09. The number of methoxy groups -OCH3 is 1. The molecule has 0 saturated carbocycles. The lowest BCUT2D eigenvalue weighted by Crippen LogP contribution is -2.05. The first-order valence-corrected chi connectivity index (χ1v) is 7.13. The summed E-state index contributed by atoms with van der Waals surface area (Å²) >= 11 is 1.22. The molecule has 0 aliphatic heterocycles. The summed E-state index contributed by atoms with van der Waals surface area (Å²) in [5, 5.41) is 3.32. The number of para-hydroxylation sites is 1. The van der Waals surface area contributed by atoms with Gasteiger partial charge in [0.15, 0.2) is 5.82 Å². The molecule has 0 unspecified atom stereocenters. The van der Waals surface area contributed by atoms with Crippen LogP contribution in [-0.2, 0) is 0 Å². The van der Waals surface area contributed by atoms with Crippen molar-refractivity contribution in [3.8, 4) is 5.75 Å². The van der Waals surface area contributed by atoms with E-state index >= 15 is 0 Å². The Hall–Kier alpha value is -1.82. The molecular weight excluding hydrogens is 277 g/mol. The second-order valence-electron chi connectivity index (χ2n) is 4.03. The predicted octanol–water partition coefficient (Wildman–Crippen LogP) is 3.60. The molecule has 1 aromatic carbocycles. The summed E-state index contributed by atoms with van der Waals surface area (Å²) in [7, 11) is 1.59. The van der Waals surface area contributed by atoms with E-state index in [1.807, 2.05) is 31.2 Å². The first kappa shape index (κ1) is 14.6. The Labute approximate surface area is 121 Å². The first-order chi connectivity index (χ1) is 9.74. The van der Waals surface area contributed by atoms with Gasteiger partial charge in [0.25, 0.3) is 0 Å². The molecular formula is C14H16FN3OS. The molecule has 0 aliphatic carbocycles. The lowest BCUT2D eigenvalue weighted by molar-refractivity contribution is 0.404. The lowest BCUT2D eigenvalue weighted by atomic mass is 10.3. The molecule has 1 heterocycles. The molecule has 0 fully saturated rings. The standard InChI is InChI=1S/C14H16FN3OS/c1-3-8-16-14-17-9-10(15)13(18-14)20-12-7-5-4-6-11(12)19-2/h4-7,9H,3,8H2,1-2H3,(H,16,17,18). The van der Waals surface area contributed by atoms with Crippen LogP contribution in [0.4, 0.5) is 10.3 Å².